The second-order valence-electron chi connectivity index (χ2n) is 7.53. The molecule has 0 bridgehead atoms. The highest BCUT2D eigenvalue weighted by molar-refractivity contribution is 6.01. The Hall–Kier alpha value is -3.19. The van der Waals surface area contributed by atoms with E-state index in [1.165, 1.54) is 4.90 Å². The van der Waals surface area contributed by atoms with Gasteiger partial charge in [0.15, 0.2) is 0 Å². The summed E-state index contributed by atoms with van der Waals surface area (Å²) < 4.78 is 5.38. The van der Waals surface area contributed by atoms with E-state index in [0.717, 1.165) is 23.2 Å². The zero-order valence-electron chi connectivity index (χ0n) is 17.5. The molecule has 0 radical (unpaired) electrons. The third-order valence-corrected chi connectivity index (χ3v) is 5.21. The summed E-state index contributed by atoms with van der Waals surface area (Å²) in [6.07, 6.45) is 1.12. The molecule has 2 aromatic carbocycles. The molecule has 1 saturated heterocycles. The van der Waals surface area contributed by atoms with Gasteiger partial charge in [0.1, 0.15) is 6.10 Å². The van der Waals surface area contributed by atoms with Gasteiger partial charge in [-0.3, -0.25) is 14.4 Å². The molecule has 3 rings (SSSR count). The largest absolute Gasteiger partial charge is 0.368 e. The zero-order valence-corrected chi connectivity index (χ0v) is 17.5. The van der Waals surface area contributed by atoms with E-state index in [-0.39, 0.29) is 24.3 Å². The quantitative estimate of drug-likeness (QED) is 0.767. The van der Waals surface area contributed by atoms with Crippen molar-refractivity contribution in [1.29, 1.82) is 0 Å². The SMILES string of the molecule is Cc1cccc(NC(=O)CN(C)C(=O)c2cccc(NC(=O)[C@@H]3CCCO3)c2)c1C. The zero-order chi connectivity index (χ0) is 21.7. The number of aryl methyl sites for hydroxylation is 1. The van der Waals surface area contributed by atoms with Crippen LogP contribution >= 0.6 is 0 Å². The number of hydrogen-bond acceptors (Lipinski definition) is 4. The molecule has 2 N–H and O–H groups in total. The lowest BCUT2D eigenvalue weighted by molar-refractivity contribution is -0.124. The van der Waals surface area contributed by atoms with Crippen LogP contribution < -0.4 is 10.6 Å². The molecule has 1 heterocycles. The van der Waals surface area contributed by atoms with Crippen LogP contribution in [0.3, 0.4) is 0 Å². The summed E-state index contributed by atoms with van der Waals surface area (Å²) in [4.78, 5) is 38.7. The molecule has 30 heavy (non-hydrogen) atoms. The third-order valence-electron chi connectivity index (χ3n) is 5.21. The predicted molar refractivity (Wildman–Crippen MR) is 116 cm³/mol. The molecule has 2 aromatic rings. The molecular weight excluding hydrogens is 382 g/mol. The molecule has 0 unspecified atom stereocenters. The number of ether oxygens (including phenoxy) is 1. The van der Waals surface area contributed by atoms with Crippen molar-refractivity contribution in [1.82, 2.24) is 4.90 Å². The summed E-state index contributed by atoms with van der Waals surface area (Å²) in [5.74, 6) is -0.792. The Bertz CT molecular complexity index is 951. The number of likely N-dealkylation sites (N-methyl/N-ethyl adjacent to an activating group) is 1. The highest BCUT2D eigenvalue weighted by atomic mass is 16.5. The van der Waals surface area contributed by atoms with Gasteiger partial charge in [0.25, 0.3) is 11.8 Å². The van der Waals surface area contributed by atoms with E-state index in [1.54, 1.807) is 31.3 Å². The molecule has 0 saturated carbocycles. The van der Waals surface area contributed by atoms with Crippen molar-refractivity contribution in [3.05, 3.63) is 59.2 Å². The molecule has 1 aliphatic heterocycles. The van der Waals surface area contributed by atoms with Gasteiger partial charge < -0.3 is 20.3 Å². The van der Waals surface area contributed by atoms with Crippen molar-refractivity contribution in [2.24, 2.45) is 0 Å². The van der Waals surface area contributed by atoms with Crippen molar-refractivity contribution < 1.29 is 19.1 Å². The van der Waals surface area contributed by atoms with Crippen molar-refractivity contribution in [2.75, 3.05) is 30.8 Å². The summed E-state index contributed by atoms with van der Waals surface area (Å²) in [6, 6.07) is 12.4. The van der Waals surface area contributed by atoms with Crippen LogP contribution in [0, 0.1) is 13.8 Å². The number of carbonyl (C=O) groups excluding carboxylic acids is 3. The van der Waals surface area contributed by atoms with Crippen molar-refractivity contribution in [3.8, 4) is 0 Å². The normalized spacial score (nSPS) is 15.5. The molecule has 1 aliphatic rings. The Labute approximate surface area is 176 Å². The Balaban J connectivity index is 1.60. The number of carbonyl (C=O) groups is 3. The van der Waals surface area contributed by atoms with Crippen LogP contribution in [0.1, 0.15) is 34.3 Å². The van der Waals surface area contributed by atoms with E-state index in [4.69, 9.17) is 4.74 Å². The number of anilines is 2. The lowest BCUT2D eigenvalue weighted by Crippen LogP contribution is -2.35. The van der Waals surface area contributed by atoms with Gasteiger partial charge in [0, 0.05) is 30.6 Å². The van der Waals surface area contributed by atoms with Crippen LogP contribution in [0.4, 0.5) is 11.4 Å². The van der Waals surface area contributed by atoms with Gasteiger partial charge >= 0.3 is 0 Å². The molecule has 3 amide bonds. The Morgan fingerprint density at radius 2 is 1.87 bits per heavy atom. The van der Waals surface area contributed by atoms with E-state index in [0.29, 0.717) is 24.3 Å². The first kappa shape index (κ1) is 21.5. The van der Waals surface area contributed by atoms with Gasteiger partial charge in [0.05, 0.1) is 6.54 Å². The second kappa shape index (κ2) is 9.54. The molecule has 158 valence electrons. The Morgan fingerprint density at radius 1 is 1.10 bits per heavy atom. The summed E-state index contributed by atoms with van der Waals surface area (Å²) >= 11 is 0. The highest BCUT2D eigenvalue weighted by Crippen LogP contribution is 2.19. The maximum Gasteiger partial charge on any atom is 0.254 e. The van der Waals surface area contributed by atoms with Crippen molar-refractivity contribution >= 4 is 29.1 Å². The molecule has 1 fully saturated rings. The van der Waals surface area contributed by atoms with Gasteiger partial charge in [-0.2, -0.15) is 0 Å². The Kier molecular flexibility index (Phi) is 6.84. The number of rotatable bonds is 6. The fourth-order valence-electron chi connectivity index (χ4n) is 3.32. The minimum absolute atomic E-state index is 0.0846. The van der Waals surface area contributed by atoms with E-state index in [2.05, 4.69) is 10.6 Å². The van der Waals surface area contributed by atoms with Crippen molar-refractivity contribution in [3.63, 3.8) is 0 Å². The maximum atomic E-state index is 12.8. The maximum absolute atomic E-state index is 12.8. The van der Waals surface area contributed by atoms with Crippen LogP contribution in [-0.4, -0.2) is 48.9 Å². The van der Waals surface area contributed by atoms with Crippen LogP contribution in [-0.2, 0) is 14.3 Å². The van der Waals surface area contributed by atoms with Crippen LogP contribution in [0.25, 0.3) is 0 Å². The van der Waals surface area contributed by atoms with Gasteiger partial charge in [-0.05, 0) is 62.1 Å². The molecule has 7 heteroatoms. The summed E-state index contributed by atoms with van der Waals surface area (Å²) in [7, 11) is 1.57. The van der Waals surface area contributed by atoms with Crippen molar-refractivity contribution in [2.45, 2.75) is 32.8 Å². The average Bonchev–Trinajstić information content (AvgIpc) is 3.26. The molecule has 1 atom stereocenters. The van der Waals surface area contributed by atoms with E-state index >= 15 is 0 Å². The van der Waals surface area contributed by atoms with Gasteiger partial charge in [-0.25, -0.2) is 0 Å². The summed E-state index contributed by atoms with van der Waals surface area (Å²) in [5.41, 5.74) is 3.73. The molecule has 0 aromatic heterocycles. The number of amides is 3. The number of hydrogen-bond donors (Lipinski definition) is 2. The van der Waals surface area contributed by atoms with Gasteiger partial charge in [-0.1, -0.05) is 18.2 Å². The smallest absolute Gasteiger partial charge is 0.254 e. The van der Waals surface area contributed by atoms with Crippen LogP contribution in [0.5, 0.6) is 0 Å². The monoisotopic (exact) mass is 409 g/mol. The first-order valence-electron chi connectivity index (χ1n) is 9.99. The van der Waals surface area contributed by atoms with Crippen LogP contribution in [0.2, 0.25) is 0 Å². The van der Waals surface area contributed by atoms with Crippen LogP contribution in [0.15, 0.2) is 42.5 Å². The Morgan fingerprint density at radius 3 is 2.60 bits per heavy atom. The average molecular weight is 409 g/mol. The second-order valence-corrected chi connectivity index (χ2v) is 7.53. The minimum Gasteiger partial charge on any atom is -0.368 e. The summed E-state index contributed by atoms with van der Waals surface area (Å²) in [5, 5.41) is 5.64. The fourth-order valence-corrected chi connectivity index (χ4v) is 3.32. The number of nitrogens with one attached hydrogen (secondary N) is 2. The van der Waals surface area contributed by atoms with Gasteiger partial charge in [0.2, 0.25) is 5.91 Å². The molecule has 0 aliphatic carbocycles. The summed E-state index contributed by atoms with van der Waals surface area (Å²) in [6.45, 7) is 4.42. The number of nitrogens with zero attached hydrogens (tertiary/aromatic N) is 1. The highest BCUT2D eigenvalue weighted by Gasteiger charge is 2.24. The van der Waals surface area contributed by atoms with E-state index in [9.17, 15) is 14.4 Å². The minimum atomic E-state index is -0.444. The molecule has 7 nitrogen and oxygen atoms in total. The third kappa shape index (κ3) is 5.24. The topological polar surface area (TPSA) is 87.7 Å². The first-order valence-corrected chi connectivity index (χ1v) is 9.99. The fraction of sp³-hybridized carbons (Fsp3) is 0.348. The predicted octanol–water partition coefficient (Wildman–Crippen LogP) is 3.13. The van der Waals surface area contributed by atoms with E-state index < -0.39 is 6.10 Å². The first-order chi connectivity index (χ1) is 14.3. The standard InChI is InChI=1S/C23H27N3O4/c1-15-7-4-10-19(16(15)2)25-21(27)14-26(3)23(29)17-8-5-9-18(13-17)24-22(28)20-11-6-12-30-20/h4-5,7-10,13,20H,6,11-12,14H2,1-3H3,(H,24,28)(H,25,27)/t20-/m0/s1. The van der Waals surface area contributed by atoms with Gasteiger partial charge in [-0.15, -0.1) is 0 Å². The molecular formula is C23H27N3O4. The lowest BCUT2D eigenvalue weighted by Gasteiger charge is -2.18. The van der Waals surface area contributed by atoms with E-state index in [1.807, 2.05) is 32.0 Å². The number of benzene rings is 2. The molecule has 0 spiro atoms. The lowest BCUT2D eigenvalue weighted by atomic mass is 10.1.